The topological polar surface area (TPSA) is 107 Å². The predicted molar refractivity (Wildman–Crippen MR) is 117 cm³/mol. The van der Waals surface area contributed by atoms with Crippen molar-refractivity contribution in [3.05, 3.63) is 45.7 Å². The molecule has 2 aliphatic heterocycles. The zero-order valence-electron chi connectivity index (χ0n) is 15.8. The monoisotopic (exact) mass is 468 g/mol. The molecule has 1 amide bonds. The smallest absolute Gasteiger partial charge is 0.323 e. The lowest BCUT2D eigenvalue weighted by Crippen LogP contribution is -2.33. The molecule has 0 radical (unpaired) electrons. The lowest BCUT2D eigenvalue weighted by molar-refractivity contribution is -0.140. The van der Waals surface area contributed by atoms with Crippen LogP contribution in [-0.2, 0) is 14.4 Å². The molecule has 2 aliphatic rings. The minimum absolute atomic E-state index is 0.0500. The van der Waals surface area contributed by atoms with Crippen LogP contribution in [0.1, 0.15) is 19.8 Å². The Balaban J connectivity index is 2.02. The Morgan fingerprint density at radius 1 is 1.23 bits per heavy atom. The highest BCUT2D eigenvalue weighted by atomic mass is 35.5. The van der Waals surface area contributed by atoms with E-state index in [-0.39, 0.29) is 22.1 Å². The average Bonchev–Trinajstić information content (AvgIpc) is 3.15. The van der Waals surface area contributed by atoms with E-state index in [1.807, 2.05) is 11.8 Å². The van der Waals surface area contributed by atoms with Crippen LogP contribution in [0.2, 0.25) is 5.02 Å². The van der Waals surface area contributed by atoms with Gasteiger partial charge in [-0.2, -0.15) is 0 Å². The Morgan fingerprint density at radius 2 is 1.97 bits per heavy atom. The van der Waals surface area contributed by atoms with Crippen molar-refractivity contribution in [2.75, 3.05) is 18.0 Å². The Bertz CT molecular complexity index is 1010. The van der Waals surface area contributed by atoms with Gasteiger partial charge < -0.3 is 19.8 Å². The number of thioether (sulfide) groups is 1. The molecule has 0 aromatic heterocycles. The van der Waals surface area contributed by atoms with Crippen LogP contribution in [0.15, 0.2) is 40.6 Å². The zero-order valence-corrected chi connectivity index (χ0v) is 18.1. The van der Waals surface area contributed by atoms with Crippen molar-refractivity contribution < 1.29 is 29.3 Å². The van der Waals surface area contributed by atoms with E-state index in [4.69, 9.17) is 38.8 Å². The number of allylic oxidation sites excluding steroid dienone is 2. The third-order valence-corrected chi connectivity index (χ3v) is 6.09. The predicted octanol–water partition coefficient (Wildman–Crippen LogP) is 3.46. The number of halogens is 1. The first-order valence-electron chi connectivity index (χ1n) is 8.88. The number of carbonyl (C=O) groups is 3. The summed E-state index contributed by atoms with van der Waals surface area (Å²) >= 11 is 12.2. The van der Waals surface area contributed by atoms with Crippen LogP contribution in [0.5, 0.6) is 5.75 Å². The van der Waals surface area contributed by atoms with Gasteiger partial charge in [-0.1, -0.05) is 35.6 Å². The summed E-state index contributed by atoms with van der Waals surface area (Å²) in [4.78, 5) is 38.0. The summed E-state index contributed by atoms with van der Waals surface area (Å²) in [7, 11) is 0. The summed E-state index contributed by atoms with van der Waals surface area (Å²) in [5, 5.41) is 18.7. The molecular weight excluding hydrogens is 452 g/mol. The molecule has 30 heavy (non-hydrogen) atoms. The maximum Gasteiger partial charge on any atom is 0.323 e. The van der Waals surface area contributed by atoms with E-state index in [2.05, 4.69) is 0 Å². The summed E-state index contributed by atoms with van der Waals surface area (Å²) in [5.74, 6) is -1.78. The van der Waals surface area contributed by atoms with Crippen LogP contribution in [0.3, 0.4) is 0 Å². The minimum Gasteiger partial charge on any atom is -0.481 e. The maximum absolute atomic E-state index is 12.8. The lowest BCUT2D eigenvalue weighted by atomic mass is 10.1. The van der Waals surface area contributed by atoms with E-state index in [1.165, 1.54) is 0 Å². The highest BCUT2D eigenvalue weighted by molar-refractivity contribution is 8.26. The van der Waals surface area contributed by atoms with Crippen LogP contribution >= 0.6 is 35.6 Å². The maximum atomic E-state index is 12.8. The number of thiocarbonyl (C=S) groups is 1. The molecule has 2 N–H and O–H groups in total. The van der Waals surface area contributed by atoms with Gasteiger partial charge in [0.1, 0.15) is 10.9 Å². The fraction of sp³-hybridized carbons (Fsp3) is 0.263. The quantitative estimate of drug-likeness (QED) is 0.459. The molecule has 0 spiro atoms. The lowest BCUT2D eigenvalue weighted by Gasteiger charge is -2.17. The first-order chi connectivity index (χ1) is 14.2. The number of carboxylic acid groups (broad SMARTS) is 2. The Labute approximate surface area is 186 Å². The van der Waals surface area contributed by atoms with Gasteiger partial charge in [0.15, 0.2) is 5.75 Å². The molecular formula is C19H17ClN2O6S2. The molecule has 158 valence electrons. The molecule has 0 saturated carbocycles. The van der Waals surface area contributed by atoms with Gasteiger partial charge in [0, 0.05) is 24.1 Å². The van der Waals surface area contributed by atoms with E-state index in [1.54, 1.807) is 24.3 Å². The second-order valence-electron chi connectivity index (χ2n) is 6.34. The molecule has 0 atom stereocenters. The number of rotatable bonds is 7. The van der Waals surface area contributed by atoms with E-state index in [0.717, 1.165) is 22.3 Å². The van der Waals surface area contributed by atoms with E-state index >= 15 is 0 Å². The van der Waals surface area contributed by atoms with Gasteiger partial charge in [-0.05, 0) is 37.1 Å². The number of benzene rings is 1. The number of hydrogen-bond donors (Lipinski definition) is 2. The molecule has 1 aromatic carbocycles. The summed E-state index contributed by atoms with van der Waals surface area (Å²) < 4.78 is 6.01. The third kappa shape index (κ3) is 4.61. The minimum atomic E-state index is -1.19. The van der Waals surface area contributed by atoms with Crippen LogP contribution in [0, 0.1) is 0 Å². The highest BCUT2D eigenvalue weighted by Gasteiger charge is 2.36. The molecule has 11 heteroatoms. The highest BCUT2D eigenvalue weighted by Crippen LogP contribution is 2.42. The van der Waals surface area contributed by atoms with Crippen LogP contribution in [0.25, 0.3) is 0 Å². The largest absolute Gasteiger partial charge is 0.481 e. The number of carbonyl (C=O) groups excluding carboxylic acids is 1. The fourth-order valence-corrected chi connectivity index (χ4v) is 4.50. The Morgan fingerprint density at radius 3 is 2.60 bits per heavy atom. The molecule has 3 rings (SSSR count). The van der Waals surface area contributed by atoms with Gasteiger partial charge in [-0.25, -0.2) is 0 Å². The third-order valence-electron chi connectivity index (χ3n) is 4.35. The summed E-state index contributed by atoms with van der Waals surface area (Å²) in [5.41, 5.74) is 1.17. The number of aliphatic carboxylic acids is 2. The first kappa shape index (κ1) is 22.1. The van der Waals surface area contributed by atoms with Crippen molar-refractivity contribution in [1.29, 1.82) is 0 Å². The molecule has 1 aromatic rings. The zero-order chi connectivity index (χ0) is 22.0. The molecule has 2 heterocycles. The number of hydrogen-bond acceptors (Lipinski definition) is 7. The van der Waals surface area contributed by atoms with Gasteiger partial charge in [0.05, 0.1) is 10.6 Å². The normalized spacial score (nSPS) is 18.7. The van der Waals surface area contributed by atoms with Gasteiger partial charge in [0.2, 0.25) is 5.88 Å². The van der Waals surface area contributed by atoms with E-state index < -0.39 is 24.4 Å². The number of carboxylic acids is 2. The standard InChI is InChI=1S/C19H17ClN2O6S2/c1-2-21-12-8-11(20)4-5-13(12)28-14(21)7-10(3-6-15(23)24)17-18(27)22(9-16(25)26)19(29)30-17/h4-5,7-8H,2-3,6,9H2,1H3,(H,23,24)(H,25,26)/b14-7-,17-10+. The Kier molecular flexibility index (Phi) is 6.69. The van der Waals surface area contributed by atoms with Crippen molar-refractivity contribution in [2.45, 2.75) is 19.8 Å². The number of anilines is 1. The number of ether oxygens (including phenoxy) is 1. The van der Waals surface area contributed by atoms with Gasteiger partial charge in [-0.15, -0.1) is 0 Å². The average molecular weight is 469 g/mol. The van der Waals surface area contributed by atoms with E-state index in [9.17, 15) is 14.4 Å². The summed E-state index contributed by atoms with van der Waals surface area (Å²) in [6.45, 7) is 1.90. The summed E-state index contributed by atoms with van der Waals surface area (Å²) in [6, 6.07) is 5.18. The van der Waals surface area contributed by atoms with Crippen molar-refractivity contribution in [2.24, 2.45) is 0 Å². The molecule has 1 fully saturated rings. The first-order valence-corrected chi connectivity index (χ1v) is 10.5. The SMILES string of the molecule is CCN1/C(=C/C(CCC(=O)O)=C2/SC(=S)N(CC(=O)O)C2=O)Oc2ccc(Cl)cc21. The molecule has 0 aliphatic carbocycles. The van der Waals surface area contributed by atoms with Gasteiger partial charge >= 0.3 is 11.9 Å². The number of nitrogens with zero attached hydrogens (tertiary/aromatic N) is 2. The Hall–Kier alpha value is -2.56. The second kappa shape index (κ2) is 9.07. The fourth-order valence-electron chi connectivity index (χ4n) is 3.02. The van der Waals surface area contributed by atoms with Crippen molar-refractivity contribution >= 4 is 63.4 Å². The van der Waals surface area contributed by atoms with Crippen LogP contribution < -0.4 is 9.64 Å². The van der Waals surface area contributed by atoms with Gasteiger partial charge in [0.25, 0.3) is 5.91 Å². The van der Waals surface area contributed by atoms with E-state index in [0.29, 0.717) is 28.8 Å². The summed E-state index contributed by atoms with van der Waals surface area (Å²) in [6.07, 6.45) is 1.44. The number of amides is 1. The molecule has 0 unspecified atom stereocenters. The molecule has 0 bridgehead atoms. The number of fused-ring (bicyclic) bond motifs is 1. The molecule has 8 nitrogen and oxygen atoms in total. The molecule has 1 saturated heterocycles. The van der Waals surface area contributed by atoms with Crippen molar-refractivity contribution in [3.63, 3.8) is 0 Å². The van der Waals surface area contributed by atoms with Crippen LogP contribution in [0.4, 0.5) is 5.69 Å². The van der Waals surface area contributed by atoms with Crippen molar-refractivity contribution in [1.82, 2.24) is 4.90 Å². The van der Waals surface area contributed by atoms with Crippen LogP contribution in [-0.4, -0.2) is 50.4 Å². The second-order valence-corrected chi connectivity index (χ2v) is 8.42. The van der Waals surface area contributed by atoms with Crippen molar-refractivity contribution in [3.8, 4) is 5.75 Å². The van der Waals surface area contributed by atoms with Gasteiger partial charge in [-0.3, -0.25) is 19.3 Å².